The molecule has 0 saturated carbocycles. The van der Waals surface area contributed by atoms with E-state index in [2.05, 4.69) is 25.1 Å². The second kappa shape index (κ2) is 8.29. The van der Waals surface area contributed by atoms with E-state index in [1.165, 1.54) is 18.4 Å². The molecular weight excluding hydrogens is 407 g/mol. The summed E-state index contributed by atoms with van der Waals surface area (Å²) in [7, 11) is 0. The molecule has 5 heteroatoms. The maximum atomic E-state index is 14.0. The second-order valence-electron chi connectivity index (χ2n) is 7.83. The molecule has 0 aliphatic carbocycles. The first-order valence-electron chi connectivity index (χ1n) is 10.3. The highest BCUT2D eigenvalue weighted by atomic mass is 19.4. The highest BCUT2D eigenvalue weighted by Crippen LogP contribution is 2.37. The highest BCUT2D eigenvalue weighted by Gasteiger charge is 2.37. The zero-order chi connectivity index (χ0) is 22.2. The molecule has 0 N–H and O–H groups in total. The lowest BCUT2D eigenvalue weighted by Crippen LogP contribution is -2.11. The Labute approximate surface area is 177 Å². The summed E-state index contributed by atoms with van der Waals surface area (Å²) in [6, 6.07) is 17.0. The van der Waals surface area contributed by atoms with E-state index in [1.54, 1.807) is 12.1 Å². The van der Waals surface area contributed by atoms with E-state index < -0.39 is 23.4 Å². The predicted octanol–water partition coefficient (Wildman–Crippen LogP) is 8.69. The molecule has 0 spiro atoms. The minimum Gasteiger partial charge on any atom is -0.206 e. The van der Waals surface area contributed by atoms with Crippen molar-refractivity contribution in [2.45, 2.75) is 38.8 Å². The first kappa shape index (κ1) is 21.3. The van der Waals surface area contributed by atoms with Crippen LogP contribution in [0.2, 0.25) is 0 Å². The van der Waals surface area contributed by atoms with Gasteiger partial charge in [0.25, 0.3) is 0 Å². The third-order valence-electron chi connectivity index (χ3n) is 5.63. The molecule has 4 aromatic rings. The molecule has 0 bridgehead atoms. The van der Waals surface area contributed by atoms with E-state index in [4.69, 9.17) is 0 Å². The van der Waals surface area contributed by atoms with E-state index in [1.807, 2.05) is 18.2 Å². The number of benzene rings is 4. The van der Waals surface area contributed by atoms with E-state index in [-0.39, 0.29) is 5.56 Å². The number of hydrogen-bond donors (Lipinski definition) is 0. The fourth-order valence-electron chi connectivity index (χ4n) is 4.05. The molecule has 4 rings (SSSR count). The van der Waals surface area contributed by atoms with Crippen molar-refractivity contribution in [3.8, 4) is 11.1 Å². The van der Waals surface area contributed by atoms with Gasteiger partial charge in [-0.1, -0.05) is 62.2 Å². The molecule has 0 unspecified atom stereocenters. The third-order valence-corrected chi connectivity index (χ3v) is 5.63. The van der Waals surface area contributed by atoms with Gasteiger partial charge in [-0.2, -0.15) is 13.2 Å². The van der Waals surface area contributed by atoms with Gasteiger partial charge in [0.15, 0.2) is 0 Å². The summed E-state index contributed by atoms with van der Waals surface area (Å²) >= 11 is 0. The maximum Gasteiger partial charge on any atom is 0.422 e. The van der Waals surface area contributed by atoms with Crippen LogP contribution in [0.3, 0.4) is 0 Å². The lowest BCUT2D eigenvalue weighted by Gasteiger charge is -2.12. The molecule has 0 nitrogen and oxygen atoms in total. The average Bonchev–Trinajstić information content (AvgIpc) is 2.71. The normalized spacial score (nSPS) is 12.1. The Bertz CT molecular complexity index is 1230. The fourth-order valence-corrected chi connectivity index (χ4v) is 4.05. The van der Waals surface area contributed by atoms with Gasteiger partial charge in [0.2, 0.25) is 0 Å². The van der Waals surface area contributed by atoms with Gasteiger partial charge in [0.1, 0.15) is 17.2 Å². The summed E-state index contributed by atoms with van der Waals surface area (Å²) in [6.45, 7) is 2.17. The van der Waals surface area contributed by atoms with Crippen LogP contribution in [-0.2, 0) is 12.6 Å². The third kappa shape index (κ3) is 4.27. The summed E-state index contributed by atoms with van der Waals surface area (Å²) in [5, 5.41) is 4.01. The number of rotatable bonds is 5. The number of aryl methyl sites for hydroxylation is 1. The highest BCUT2D eigenvalue weighted by molar-refractivity contribution is 6.08. The number of fused-ring (bicyclic) bond motifs is 3. The molecule has 0 heterocycles. The van der Waals surface area contributed by atoms with E-state index in [0.717, 1.165) is 46.5 Å². The minimum absolute atomic E-state index is 0.0660. The van der Waals surface area contributed by atoms with Crippen LogP contribution in [-0.4, -0.2) is 0 Å². The van der Waals surface area contributed by atoms with Crippen LogP contribution in [0.4, 0.5) is 22.0 Å². The Balaban J connectivity index is 1.73. The molecule has 0 radical (unpaired) electrons. The maximum absolute atomic E-state index is 14.0. The summed E-state index contributed by atoms with van der Waals surface area (Å²) in [5.41, 5.74) is -0.0590. The van der Waals surface area contributed by atoms with Gasteiger partial charge in [0, 0.05) is 0 Å². The molecule has 0 atom stereocenters. The van der Waals surface area contributed by atoms with Crippen molar-refractivity contribution in [3.05, 3.63) is 83.4 Å². The van der Waals surface area contributed by atoms with Crippen molar-refractivity contribution in [2.75, 3.05) is 0 Å². The van der Waals surface area contributed by atoms with Crippen molar-refractivity contribution < 1.29 is 22.0 Å². The Morgan fingerprint density at radius 3 is 1.90 bits per heavy atom. The van der Waals surface area contributed by atoms with Gasteiger partial charge in [-0.05, 0) is 69.3 Å². The molecule has 0 amide bonds. The van der Waals surface area contributed by atoms with Crippen molar-refractivity contribution >= 4 is 21.5 Å². The topological polar surface area (TPSA) is 0 Å². The molecule has 0 aliphatic heterocycles. The Morgan fingerprint density at radius 2 is 1.29 bits per heavy atom. The van der Waals surface area contributed by atoms with Crippen LogP contribution in [0.25, 0.3) is 32.7 Å². The van der Waals surface area contributed by atoms with Crippen molar-refractivity contribution in [2.24, 2.45) is 0 Å². The number of halogens is 5. The molecule has 0 aliphatic rings. The minimum atomic E-state index is -5.08. The van der Waals surface area contributed by atoms with E-state index in [0.29, 0.717) is 5.56 Å². The summed E-state index contributed by atoms with van der Waals surface area (Å²) in [4.78, 5) is 0. The Hall–Kier alpha value is -2.95. The second-order valence-corrected chi connectivity index (χ2v) is 7.83. The van der Waals surface area contributed by atoms with E-state index >= 15 is 0 Å². The largest absolute Gasteiger partial charge is 0.422 e. The first-order valence-corrected chi connectivity index (χ1v) is 10.3. The van der Waals surface area contributed by atoms with Crippen molar-refractivity contribution in [1.82, 2.24) is 0 Å². The Morgan fingerprint density at radius 1 is 0.677 bits per heavy atom. The number of alkyl halides is 3. The van der Waals surface area contributed by atoms with Crippen LogP contribution in [0.5, 0.6) is 0 Å². The zero-order valence-electron chi connectivity index (χ0n) is 17.0. The monoisotopic (exact) mass is 428 g/mol. The van der Waals surface area contributed by atoms with Gasteiger partial charge in [-0.25, -0.2) is 8.78 Å². The molecule has 160 valence electrons. The van der Waals surface area contributed by atoms with Crippen LogP contribution < -0.4 is 0 Å². The number of unbranched alkanes of at least 4 members (excludes halogenated alkanes) is 2. The molecule has 31 heavy (non-hydrogen) atoms. The summed E-state index contributed by atoms with van der Waals surface area (Å²) in [5.74, 6) is -3.23. The zero-order valence-corrected chi connectivity index (χ0v) is 17.0. The molecular formula is C26H21F5. The van der Waals surface area contributed by atoms with Crippen LogP contribution in [0.15, 0.2) is 60.7 Å². The smallest absolute Gasteiger partial charge is 0.206 e. The number of hydrogen-bond acceptors (Lipinski definition) is 0. The van der Waals surface area contributed by atoms with Gasteiger partial charge in [-0.3, -0.25) is 0 Å². The predicted molar refractivity (Wildman–Crippen MR) is 115 cm³/mol. The van der Waals surface area contributed by atoms with E-state index in [9.17, 15) is 22.0 Å². The first-order chi connectivity index (χ1) is 14.8. The molecule has 0 aromatic heterocycles. The van der Waals surface area contributed by atoms with Crippen LogP contribution >= 0.6 is 0 Å². The summed E-state index contributed by atoms with van der Waals surface area (Å²) < 4.78 is 66.5. The van der Waals surface area contributed by atoms with Gasteiger partial charge in [-0.15, -0.1) is 0 Å². The molecule has 0 saturated heterocycles. The lowest BCUT2D eigenvalue weighted by molar-refractivity contribution is -0.142. The van der Waals surface area contributed by atoms with Gasteiger partial charge < -0.3 is 0 Å². The van der Waals surface area contributed by atoms with Crippen LogP contribution in [0, 0.1) is 11.6 Å². The Kier molecular flexibility index (Phi) is 5.69. The van der Waals surface area contributed by atoms with Crippen molar-refractivity contribution in [1.29, 1.82) is 0 Å². The summed E-state index contributed by atoms with van der Waals surface area (Å²) in [6.07, 6.45) is -0.521. The van der Waals surface area contributed by atoms with Gasteiger partial charge >= 0.3 is 6.18 Å². The quantitative estimate of drug-likeness (QED) is 0.169. The molecule has 4 aromatic carbocycles. The SMILES string of the molecule is CCCCCc1ccc2c(ccc3cc(-c4cc(F)c(C(F)(F)F)c(F)c4)ccc32)c1. The van der Waals surface area contributed by atoms with Crippen molar-refractivity contribution in [3.63, 3.8) is 0 Å². The lowest BCUT2D eigenvalue weighted by atomic mass is 9.95. The average molecular weight is 428 g/mol. The standard InChI is InChI=1S/C26H21F5/c1-2-3-4-5-16-6-10-21-18(12-16)7-8-19-13-17(9-11-22(19)21)20-14-23(27)25(24(28)15-20)26(29,30)31/h6-15H,2-5H2,1H3. The molecule has 0 fully saturated rings. The van der Waals surface area contributed by atoms with Gasteiger partial charge in [0.05, 0.1) is 0 Å². The van der Waals surface area contributed by atoms with Crippen LogP contribution in [0.1, 0.15) is 37.3 Å². The fraction of sp³-hybridized carbons (Fsp3) is 0.231.